The first kappa shape index (κ1) is 36.7. The van der Waals surface area contributed by atoms with Gasteiger partial charge in [-0.05, 0) is 58.7 Å². The van der Waals surface area contributed by atoms with Crippen molar-refractivity contribution in [3.8, 4) is 22.3 Å². The number of carbonyl (C=O) groups is 4. The number of cyclic esters (lactones) is 4. The SMILES string of the molecule is O=C1OC/C=C\COC(=O)c2ccccc2-c2ccccc2C(=O)OCCOCCOCCOCCOC(=O)c2ccccc2-c2ccccc21. The van der Waals surface area contributed by atoms with E-state index in [4.69, 9.17) is 33.2 Å². The van der Waals surface area contributed by atoms with E-state index in [-0.39, 0.29) is 75.1 Å². The monoisotopic (exact) mass is 694 g/mol. The number of carbonyl (C=O) groups excluding carboxylic acids is 4. The van der Waals surface area contributed by atoms with Crippen molar-refractivity contribution < 1.29 is 52.3 Å². The molecule has 0 atom stereocenters. The molecular formula is C40H38O11. The number of benzene rings is 4. The molecule has 4 aromatic rings. The van der Waals surface area contributed by atoms with E-state index in [1.807, 2.05) is 0 Å². The first-order valence-electron chi connectivity index (χ1n) is 16.5. The summed E-state index contributed by atoms with van der Waals surface area (Å²) in [5, 5.41) is 0. The fourth-order valence-electron chi connectivity index (χ4n) is 5.21. The predicted octanol–water partition coefficient (Wildman–Crippen LogP) is 5.97. The number of ether oxygens (including phenoxy) is 7. The first-order chi connectivity index (χ1) is 25.0. The van der Waals surface area contributed by atoms with E-state index in [2.05, 4.69) is 0 Å². The van der Waals surface area contributed by atoms with Crippen LogP contribution in [0.5, 0.6) is 0 Å². The average molecular weight is 695 g/mol. The van der Waals surface area contributed by atoms with Gasteiger partial charge < -0.3 is 33.2 Å². The van der Waals surface area contributed by atoms with Crippen molar-refractivity contribution in [1.29, 1.82) is 0 Å². The van der Waals surface area contributed by atoms with Crippen molar-refractivity contribution in [2.45, 2.75) is 0 Å². The zero-order chi connectivity index (χ0) is 35.7. The molecule has 11 heteroatoms. The Hall–Kier alpha value is -5.62. The molecule has 0 aliphatic carbocycles. The predicted molar refractivity (Wildman–Crippen MR) is 186 cm³/mol. The Morgan fingerprint density at radius 3 is 0.824 bits per heavy atom. The third-order valence-electron chi connectivity index (χ3n) is 7.62. The highest BCUT2D eigenvalue weighted by Gasteiger charge is 2.21. The molecule has 51 heavy (non-hydrogen) atoms. The maximum absolute atomic E-state index is 13.2. The molecule has 0 bridgehead atoms. The number of esters is 4. The largest absolute Gasteiger partial charge is 0.460 e. The van der Waals surface area contributed by atoms with Gasteiger partial charge in [0.05, 0.1) is 61.9 Å². The lowest BCUT2D eigenvalue weighted by Gasteiger charge is -2.13. The first-order valence-corrected chi connectivity index (χ1v) is 16.5. The van der Waals surface area contributed by atoms with Gasteiger partial charge in [0.25, 0.3) is 0 Å². The maximum Gasteiger partial charge on any atom is 0.339 e. The summed E-state index contributed by atoms with van der Waals surface area (Å²) in [7, 11) is 0. The normalized spacial score (nSPS) is 16.9. The minimum absolute atomic E-state index is 0.0247. The number of fused-ring (bicyclic) bond motifs is 6. The van der Waals surface area contributed by atoms with Crippen LogP contribution in [-0.2, 0) is 33.2 Å². The highest BCUT2D eigenvalue weighted by atomic mass is 16.6. The van der Waals surface area contributed by atoms with Crippen LogP contribution in [-0.4, -0.2) is 89.9 Å². The lowest BCUT2D eigenvalue weighted by molar-refractivity contribution is -0.00673. The summed E-state index contributed by atoms with van der Waals surface area (Å²) in [6, 6.07) is 27.3. The van der Waals surface area contributed by atoms with E-state index in [1.165, 1.54) is 0 Å². The van der Waals surface area contributed by atoms with E-state index in [0.717, 1.165) is 0 Å². The molecule has 0 radical (unpaired) electrons. The summed E-state index contributed by atoms with van der Waals surface area (Å²) in [5.41, 5.74) is 3.16. The van der Waals surface area contributed by atoms with Crippen molar-refractivity contribution in [1.82, 2.24) is 0 Å². The molecule has 1 aliphatic rings. The van der Waals surface area contributed by atoms with Gasteiger partial charge in [-0.15, -0.1) is 0 Å². The molecule has 0 amide bonds. The van der Waals surface area contributed by atoms with Gasteiger partial charge in [-0.1, -0.05) is 72.8 Å². The second-order valence-electron chi connectivity index (χ2n) is 11.0. The van der Waals surface area contributed by atoms with Crippen LogP contribution < -0.4 is 0 Å². The molecule has 0 aromatic heterocycles. The van der Waals surface area contributed by atoms with Crippen LogP contribution in [0.3, 0.4) is 0 Å². The molecule has 1 aliphatic heterocycles. The Bertz CT molecular complexity index is 1700. The average Bonchev–Trinajstić information content (AvgIpc) is 3.17. The van der Waals surface area contributed by atoms with E-state index < -0.39 is 23.9 Å². The molecule has 0 saturated carbocycles. The zero-order valence-electron chi connectivity index (χ0n) is 28.0. The minimum Gasteiger partial charge on any atom is -0.460 e. The Kier molecular flexibility index (Phi) is 14.0. The van der Waals surface area contributed by atoms with Crippen molar-refractivity contribution in [3.05, 3.63) is 131 Å². The van der Waals surface area contributed by atoms with E-state index in [9.17, 15) is 19.2 Å². The van der Waals surface area contributed by atoms with Crippen LogP contribution >= 0.6 is 0 Å². The summed E-state index contributed by atoms with van der Waals surface area (Å²) < 4.78 is 38.4. The van der Waals surface area contributed by atoms with Gasteiger partial charge in [-0.3, -0.25) is 0 Å². The van der Waals surface area contributed by atoms with Crippen molar-refractivity contribution >= 4 is 23.9 Å². The van der Waals surface area contributed by atoms with E-state index in [0.29, 0.717) is 35.5 Å². The molecular weight excluding hydrogens is 656 g/mol. The molecule has 0 fully saturated rings. The standard InChI is InChI=1S/C40H38O11/c41-37-33-15-5-1-11-29(33)31-13-3-7-17-35(31)39(43)50-27-25-46-23-21-45-22-24-47-26-28-51-40(44)36-18-8-4-14-32(36)30-12-2-6-16-34(30)38(42)49-20-10-9-19-48-37/h1-18H,19-28H2/b10-9-. The van der Waals surface area contributed by atoms with Crippen LogP contribution in [0.2, 0.25) is 0 Å². The zero-order valence-corrected chi connectivity index (χ0v) is 28.0. The summed E-state index contributed by atoms with van der Waals surface area (Å²) in [4.78, 5) is 52.4. The Morgan fingerprint density at radius 2 is 0.529 bits per heavy atom. The molecule has 11 nitrogen and oxygen atoms in total. The molecule has 0 N–H and O–H groups in total. The quantitative estimate of drug-likeness (QED) is 0.123. The summed E-state index contributed by atoms with van der Waals surface area (Å²) in [5.74, 6) is -2.32. The number of rotatable bonds is 0. The third-order valence-corrected chi connectivity index (χ3v) is 7.62. The topological polar surface area (TPSA) is 133 Å². The number of hydrogen-bond acceptors (Lipinski definition) is 11. The molecule has 264 valence electrons. The lowest BCUT2D eigenvalue weighted by Crippen LogP contribution is -2.16. The summed E-state index contributed by atoms with van der Waals surface area (Å²) in [6.45, 7) is 1.41. The van der Waals surface area contributed by atoms with Gasteiger partial charge in [0.2, 0.25) is 0 Å². The molecule has 1 heterocycles. The maximum atomic E-state index is 13.2. The molecule has 0 spiro atoms. The lowest BCUT2D eigenvalue weighted by atomic mass is 9.95. The second kappa shape index (κ2) is 19.5. The molecule has 0 unspecified atom stereocenters. The van der Waals surface area contributed by atoms with E-state index in [1.54, 1.807) is 109 Å². The fourth-order valence-corrected chi connectivity index (χ4v) is 5.21. The third kappa shape index (κ3) is 10.4. The van der Waals surface area contributed by atoms with Crippen molar-refractivity contribution in [3.63, 3.8) is 0 Å². The van der Waals surface area contributed by atoms with Gasteiger partial charge in [0, 0.05) is 0 Å². The Labute approximate surface area is 295 Å². The molecule has 0 saturated heterocycles. The highest BCUT2D eigenvalue weighted by molar-refractivity contribution is 6.04. The van der Waals surface area contributed by atoms with Crippen LogP contribution in [0.4, 0.5) is 0 Å². The van der Waals surface area contributed by atoms with Gasteiger partial charge in [0.1, 0.15) is 26.4 Å². The molecule has 4 aromatic carbocycles. The van der Waals surface area contributed by atoms with Crippen molar-refractivity contribution in [2.24, 2.45) is 0 Å². The molecule has 5 rings (SSSR count). The van der Waals surface area contributed by atoms with Crippen LogP contribution in [0.1, 0.15) is 41.4 Å². The van der Waals surface area contributed by atoms with Crippen molar-refractivity contribution in [2.75, 3.05) is 66.1 Å². The smallest absolute Gasteiger partial charge is 0.339 e. The Balaban J connectivity index is 1.30. The highest BCUT2D eigenvalue weighted by Crippen LogP contribution is 2.30. The van der Waals surface area contributed by atoms with E-state index >= 15 is 0 Å². The minimum atomic E-state index is -0.598. The number of hydrogen-bond donors (Lipinski definition) is 0. The van der Waals surface area contributed by atoms with Gasteiger partial charge in [0.15, 0.2) is 0 Å². The summed E-state index contributed by atoms with van der Waals surface area (Å²) >= 11 is 0. The van der Waals surface area contributed by atoms with Gasteiger partial charge >= 0.3 is 23.9 Å². The van der Waals surface area contributed by atoms with Crippen LogP contribution in [0.25, 0.3) is 22.3 Å². The van der Waals surface area contributed by atoms with Crippen LogP contribution in [0, 0.1) is 0 Å². The van der Waals surface area contributed by atoms with Gasteiger partial charge in [-0.25, -0.2) is 19.2 Å². The second-order valence-corrected chi connectivity index (χ2v) is 11.0. The van der Waals surface area contributed by atoms with Gasteiger partial charge in [-0.2, -0.15) is 0 Å². The fraction of sp³-hybridized carbons (Fsp3) is 0.250. The summed E-state index contributed by atoms with van der Waals surface area (Å²) in [6.07, 6.45) is 3.13. The Morgan fingerprint density at radius 1 is 0.294 bits per heavy atom. The van der Waals surface area contributed by atoms with Crippen LogP contribution in [0.15, 0.2) is 109 Å².